The number of aliphatic hydroxyl groups is 1. The lowest BCUT2D eigenvalue weighted by Crippen LogP contribution is -2.41. The van der Waals surface area contributed by atoms with Gasteiger partial charge in [0.25, 0.3) is 5.91 Å². The summed E-state index contributed by atoms with van der Waals surface area (Å²) in [6.45, 7) is 1.41. The molecule has 0 aliphatic heterocycles. The molecule has 1 amide bonds. The standard InChI is InChI=1S/C26H17ClF7N5O2/c1-12(23(40)38-37-22-20(27)6-14(10-35-22)25(29,30)31)39-11-13(9-36-39)17-7-15(28)8-19-21(17)16-4-2-3-5-18(16)24(19,41)26(32,33)34/h2-12,41H,1H3,(H,35,37)(H,38,40). The van der Waals surface area contributed by atoms with Gasteiger partial charge in [0.15, 0.2) is 5.82 Å². The van der Waals surface area contributed by atoms with Crippen LogP contribution in [0.15, 0.2) is 61.1 Å². The lowest BCUT2D eigenvalue weighted by molar-refractivity contribution is -0.246. The Hall–Kier alpha value is -4.17. The number of amides is 1. The molecular weight excluding hydrogens is 583 g/mol. The molecule has 2 aromatic heterocycles. The van der Waals surface area contributed by atoms with E-state index in [1.807, 2.05) is 0 Å². The van der Waals surface area contributed by atoms with Gasteiger partial charge < -0.3 is 5.11 Å². The minimum atomic E-state index is -5.16. The van der Waals surface area contributed by atoms with Gasteiger partial charge in [0.2, 0.25) is 5.60 Å². The molecule has 1 aliphatic rings. The van der Waals surface area contributed by atoms with Crippen LogP contribution in [0.1, 0.15) is 29.7 Å². The zero-order valence-electron chi connectivity index (χ0n) is 20.6. The molecule has 1 aliphatic carbocycles. The second-order valence-electron chi connectivity index (χ2n) is 9.18. The van der Waals surface area contributed by atoms with E-state index in [0.717, 1.165) is 16.8 Å². The summed E-state index contributed by atoms with van der Waals surface area (Å²) < 4.78 is 96.7. The van der Waals surface area contributed by atoms with Gasteiger partial charge in [0, 0.05) is 29.1 Å². The number of aromatic nitrogens is 3. The number of pyridine rings is 1. The van der Waals surface area contributed by atoms with Crippen molar-refractivity contribution in [2.45, 2.75) is 30.9 Å². The molecule has 4 aromatic rings. The van der Waals surface area contributed by atoms with Gasteiger partial charge in [-0.1, -0.05) is 35.9 Å². The number of carbonyl (C=O) groups is 1. The molecule has 0 bridgehead atoms. The van der Waals surface area contributed by atoms with Gasteiger partial charge >= 0.3 is 12.4 Å². The highest BCUT2D eigenvalue weighted by atomic mass is 35.5. The van der Waals surface area contributed by atoms with Crippen molar-refractivity contribution in [2.24, 2.45) is 0 Å². The second-order valence-corrected chi connectivity index (χ2v) is 9.59. The molecule has 3 N–H and O–H groups in total. The summed E-state index contributed by atoms with van der Waals surface area (Å²) in [7, 11) is 0. The van der Waals surface area contributed by atoms with Crippen LogP contribution in [0.25, 0.3) is 22.3 Å². The Bertz CT molecular complexity index is 1670. The van der Waals surface area contributed by atoms with Gasteiger partial charge in [-0.2, -0.15) is 31.4 Å². The molecule has 41 heavy (non-hydrogen) atoms. The Kier molecular flexibility index (Phi) is 6.73. The normalized spacial score (nSPS) is 17.1. The Balaban J connectivity index is 1.43. The molecule has 2 aromatic carbocycles. The van der Waals surface area contributed by atoms with Crippen molar-refractivity contribution < 1.29 is 40.6 Å². The van der Waals surface area contributed by atoms with Crippen molar-refractivity contribution in [3.63, 3.8) is 0 Å². The molecular formula is C26H17ClF7N5O2. The van der Waals surface area contributed by atoms with Crippen LogP contribution in [0.5, 0.6) is 0 Å². The Morgan fingerprint density at radius 1 is 1.05 bits per heavy atom. The summed E-state index contributed by atoms with van der Waals surface area (Å²) in [4.78, 5) is 16.2. The number of nitrogens with one attached hydrogen (secondary N) is 2. The van der Waals surface area contributed by atoms with Crippen LogP contribution in [0.4, 0.5) is 36.6 Å². The summed E-state index contributed by atoms with van der Waals surface area (Å²) in [6.07, 6.45) is -6.78. The largest absolute Gasteiger partial charge is 0.425 e. The van der Waals surface area contributed by atoms with Gasteiger partial charge in [-0.3, -0.25) is 20.3 Å². The third-order valence-electron chi connectivity index (χ3n) is 6.65. The van der Waals surface area contributed by atoms with Crippen molar-refractivity contribution in [3.8, 4) is 22.3 Å². The molecule has 2 atom stereocenters. The Labute approximate surface area is 231 Å². The number of carbonyl (C=O) groups excluding carboxylic acids is 1. The Morgan fingerprint density at radius 2 is 1.76 bits per heavy atom. The first-order chi connectivity index (χ1) is 19.1. The maximum absolute atomic E-state index is 14.7. The lowest BCUT2D eigenvalue weighted by Gasteiger charge is -2.28. The SMILES string of the molecule is CC(C(=O)NNc1ncc(C(F)(F)F)cc1Cl)n1cc(-c2cc(F)cc3c2-c2ccccc2C3(O)C(F)(F)F)cn1. The van der Waals surface area contributed by atoms with E-state index in [2.05, 4.69) is 20.9 Å². The average molecular weight is 600 g/mol. The van der Waals surface area contributed by atoms with Gasteiger partial charge in [-0.05, 0) is 41.8 Å². The number of rotatable bonds is 5. The van der Waals surface area contributed by atoms with Crippen LogP contribution >= 0.6 is 11.6 Å². The summed E-state index contributed by atoms with van der Waals surface area (Å²) in [5.74, 6) is -2.02. The number of hydrogen-bond acceptors (Lipinski definition) is 5. The van der Waals surface area contributed by atoms with E-state index in [4.69, 9.17) is 11.6 Å². The third kappa shape index (κ3) is 4.76. The number of anilines is 1. The van der Waals surface area contributed by atoms with Crippen molar-refractivity contribution in [2.75, 3.05) is 5.43 Å². The van der Waals surface area contributed by atoms with Gasteiger partial charge in [-0.15, -0.1) is 0 Å². The van der Waals surface area contributed by atoms with Crippen molar-refractivity contribution in [3.05, 3.63) is 88.6 Å². The van der Waals surface area contributed by atoms with Crippen LogP contribution < -0.4 is 10.9 Å². The maximum Gasteiger partial charge on any atom is 0.425 e. The Morgan fingerprint density at radius 3 is 2.41 bits per heavy atom. The topological polar surface area (TPSA) is 92.1 Å². The first-order valence-corrected chi connectivity index (χ1v) is 12.1. The monoisotopic (exact) mass is 599 g/mol. The number of nitrogens with zero attached hydrogens (tertiary/aromatic N) is 3. The molecule has 0 saturated carbocycles. The van der Waals surface area contributed by atoms with E-state index in [9.17, 15) is 40.6 Å². The minimum absolute atomic E-state index is 0.00495. The zero-order valence-corrected chi connectivity index (χ0v) is 21.3. The third-order valence-corrected chi connectivity index (χ3v) is 6.94. The van der Waals surface area contributed by atoms with Crippen LogP contribution in [0.3, 0.4) is 0 Å². The molecule has 214 valence electrons. The number of hydrazine groups is 1. The average Bonchev–Trinajstić information content (AvgIpc) is 3.49. The predicted molar refractivity (Wildman–Crippen MR) is 133 cm³/mol. The summed E-state index contributed by atoms with van der Waals surface area (Å²) in [6, 6.07) is 6.52. The smallest absolute Gasteiger partial charge is 0.372 e. The quantitative estimate of drug-likeness (QED) is 0.187. The van der Waals surface area contributed by atoms with Gasteiger partial charge in [0.1, 0.15) is 11.9 Å². The minimum Gasteiger partial charge on any atom is -0.372 e. The van der Waals surface area contributed by atoms with Crippen molar-refractivity contribution in [1.29, 1.82) is 0 Å². The van der Waals surface area contributed by atoms with Crippen LogP contribution in [0, 0.1) is 5.82 Å². The number of benzene rings is 2. The first kappa shape index (κ1) is 28.4. The second kappa shape index (κ2) is 9.73. The molecule has 0 saturated heterocycles. The number of hydrogen-bond donors (Lipinski definition) is 3. The molecule has 0 spiro atoms. The van der Waals surface area contributed by atoms with E-state index >= 15 is 0 Å². The summed E-state index contributed by atoms with van der Waals surface area (Å²) in [5.41, 5.74) is -0.918. The molecule has 5 rings (SSSR count). The van der Waals surface area contributed by atoms with E-state index in [0.29, 0.717) is 18.3 Å². The fraction of sp³-hybridized carbons (Fsp3) is 0.192. The summed E-state index contributed by atoms with van der Waals surface area (Å²) >= 11 is 5.82. The molecule has 7 nitrogen and oxygen atoms in total. The molecule has 0 fully saturated rings. The highest BCUT2D eigenvalue weighted by molar-refractivity contribution is 6.33. The molecule has 0 radical (unpaired) electrons. The molecule has 2 unspecified atom stereocenters. The maximum atomic E-state index is 14.7. The van der Waals surface area contributed by atoms with E-state index in [1.165, 1.54) is 37.5 Å². The van der Waals surface area contributed by atoms with Crippen molar-refractivity contribution >= 4 is 23.3 Å². The van der Waals surface area contributed by atoms with E-state index in [-0.39, 0.29) is 28.1 Å². The van der Waals surface area contributed by atoms with E-state index in [1.54, 1.807) is 0 Å². The predicted octanol–water partition coefficient (Wildman–Crippen LogP) is 6.24. The van der Waals surface area contributed by atoms with E-state index < -0.39 is 57.4 Å². The van der Waals surface area contributed by atoms with Crippen LogP contribution in [0.2, 0.25) is 5.02 Å². The molecule has 2 heterocycles. The fourth-order valence-corrected chi connectivity index (χ4v) is 4.81. The lowest BCUT2D eigenvalue weighted by atomic mass is 9.89. The zero-order chi connectivity index (χ0) is 29.9. The van der Waals surface area contributed by atoms with Crippen LogP contribution in [-0.2, 0) is 16.6 Å². The summed E-state index contributed by atoms with van der Waals surface area (Å²) in [5, 5.41) is 14.5. The molecule has 15 heteroatoms. The number of alkyl halides is 6. The van der Waals surface area contributed by atoms with Crippen LogP contribution in [-0.4, -0.2) is 32.0 Å². The number of fused-ring (bicyclic) bond motifs is 3. The highest BCUT2D eigenvalue weighted by Crippen LogP contribution is 2.57. The van der Waals surface area contributed by atoms with Crippen molar-refractivity contribution in [1.82, 2.24) is 20.2 Å². The number of halogens is 8. The van der Waals surface area contributed by atoms with Gasteiger partial charge in [0.05, 0.1) is 16.8 Å². The highest BCUT2D eigenvalue weighted by Gasteiger charge is 2.61. The fourth-order valence-electron chi connectivity index (χ4n) is 4.60. The first-order valence-electron chi connectivity index (χ1n) is 11.7. The van der Waals surface area contributed by atoms with Gasteiger partial charge in [-0.25, -0.2) is 9.37 Å².